The van der Waals surface area contributed by atoms with Crippen molar-refractivity contribution in [3.63, 3.8) is 0 Å². The summed E-state index contributed by atoms with van der Waals surface area (Å²) in [6.07, 6.45) is 6.16. The molecular weight excluding hydrogens is 292 g/mol. The Balaban J connectivity index is 1.46. The molecule has 2 aliphatic carbocycles. The summed E-state index contributed by atoms with van der Waals surface area (Å²) in [7, 11) is 0. The van der Waals surface area contributed by atoms with Gasteiger partial charge in [0, 0.05) is 24.8 Å². The molecule has 5 nitrogen and oxygen atoms in total. The van der Waals surface area contributed by atoms with Crippen LogP contribution in [-0.2, 0) is 6.54 Å². The van der Waals surface area contributed by atoms with Crippen molar-refractivity contribution in [2.75, 3.05) is 0 Å². The number of rotatable bonds is 5. The van der Waals surface area contributed by atoms with Crippen LogP contribution in [0.4, 0.5) is 13.6 Å². The van der Waals surface area contributed by atoms with Gasteiger partial charge in [-0.1, -0.05) is 6.42 Å². The van der Waals surface area contributed by atoms with Gasteiger partial charge in [-0.25, -0.2) is 9.78 Å². The van der Waals surface area contributed by atoms with E-state index < -0.39 is 6.61 Å². The first-order valence-electron chi connectivity index (χ1n) is 7.54. The lowest BCUT2D eigenvalue weighted by atomic mass is 9.95. The molecule has 1 aromatic heterocycles. The van der Waals surface area contributed by atoms with Gasteiger partial charge in [0.05, 0.1) is 0 Å². The molecule has 1 heterocycles. The van der Waals surface area contributed by atoms with E-state index in [2.05, 4.69) is 20.4 Å². The number of pyridine rings is 1. The van der Waals surface area contributed by atoms with Gasteiger partial charge in [-0.2, -0.15) is 8.78 Å². The molecule has 1 aromatic rings. The lowest BCUT2D eigenvalue weighted by Gasteiger charge is -2.23. The number of alkyl halides is 2. The molecule has 120 valence electrons. The zero-order chi connectivity index (χ0) is 15.5. The van der Waals surface area contributed by atoms with Crippen LogP contribution in [0.3, 0.4) is 0 Å². The van der Waals surface area contributed by atoms with E-state index in [1.54, 1.807) is 6.07 Å². The Hall–Kier alpha value is -1.92. The summed E-state index contributed by atoms with van der Waals surface area (Å²) >= 11 is 0. The van der Waals surface area contributed by atoms with Crippen molar-refractivity contribution in [3.05, 3.63) is 23.9 Å². The fourth-order valence-electron chi connectivity index (χ4n) is 3.54. The SMILES string of the molecule is O=C(NCc1ccnc(OC(F)F)c1)N[C@@H]1C[C@H]2CC[C@@H]1C2. The molecule has 0 aliphatic heterocycles. The van der Waals surface area contributed by atoms with Crippen LogP contribution >= 0.6 is 0 Å². The van der Waals surface area contributed by atoms with E-state index in [1.165, 1.54) is 31.5 Å². The number of carbonyl (C=O) groups is 1. The van der Waals surface area contributed by atoms with Gasteiger partial charge in [-0.3, -0.25) is 0 Å². The van der Waals surface area contributed by atoms with E-state index in [4.69, 9.17) is 0 Å². The number of halogens is 2. The number of nitrogens with one attached hydrogen (secondary N) is 2. The molecule has 0 unspecified atom stereocenters. The third kappa shape index (κ3) is 3.64. The van der Waals surface area contributed by atoms with Gasteiger partial charge in [0.15, 0.2) is 0 Å². The zero-order valence-corrected chi connectivity index (χ0v) is 12.1. The first-order chi connectivity index (χ1) is 10.6. The van der Waals surface area contributed by atoms with Crippen LogP contribution in [0.25, 0.3) is 0 Å². The maximum absolute atomic E-state index is 12.1. The second-order valence-electron chi connectivity index (χ2n) is 5.99. The molecule has 22 heavy (non-hydrogen) atoms. The molecular formula is C15H19F2N3O2. The quantitative estimate of drug-likeness (QED) is 0.879. The van der Waals surface area contributed by atoms with Crippen LogP contribution < -0.4 is 15.4 Å². The number of fused-ring (bicyclic) bond motifs is 2. The van der Waals surface area contributed by atoms with Gasteiger partial charge in [-0.15, -0.1) is 0 Å². The van der Waals surface area contributed by atoms with Crippen molar-refractivity contribution in [1.82, 2.24) is 15.6 Å². The molecule has 2 N–H and O–H groups in total. The minimum Gasteiger partial charge on any atom is -0.417 e. The number of urea groups is 1. The van der Waals surface area contributed by atoms with Gasteiger partial charge in [0.2, 0.25) is 5.88 Å². The molecule has 0 radical (unpaired) electrons. The van der Waals surface area contributed by atoms with E-state index in [-0.39, 0.29) is 24.5 Å². The van der Waals surface area contributed by atoms with Crippen molar-refractivity contribution in [2.45, 2.75) is 44.9 Å². The third-order valence-electron chi connectivity index (χ3n) is 4.52. The number of nitrogens with zero attached hydrogens (tertiary/aromatic N) is 1. The highest BCUT2D eigenvalue weighted by Crippen LogP contribution is 2.44. The highest BCUT2D eigenvalue weighted by molar-refractivity contribution is 5.74. The van der Waals surface area contributed by atoms with E-state index >= 15 is 0 Å². The van der Waals surface area contributed by atoms with Gasteiger partial charge < -0.3 is 15.4 Å². The number of aromatic nitrogens is 1. The topological polar surface area (TPSA) is 63.2 Å². The lowest BCUT2D eigenvalue weighted by molar-refractivity contribution is -0.0529. The van der Waals surface area contributed by atoms with Gasteiger partial charge in [0.25, 0.3) is 0 Å². The summed E-state index contributed by atoms with van der Waals surface area (Å²) in [6.45, 7) is -2.66. The molecule has 3 atom stereocenters. The predicted molar refractivity (Wildman–Crippen MR) is 75.5 cm³/mol. The fourth-order valence-corrected chi connectivity index (χ4v) is 3.54. The average Bonchev–Trinajstić information content (AvgIpc) is 3.07. The predicted octanol–water partition coefficient (Wildman–Crippen LogP) is 2.67. The highest BCUT2D eigenvalue weighted by atomic mass is 19.3. The zero-order valence-electron chi connectivity index (χ0n) is 12.1. The van der Waals surface area contributed by atoms with E-state index in [9.17, 15) is 13.6 Å². The summed E-state index contributed by atoms with van der Waals surface area (Å²) < 4.78 is 28.5. The van der Waals surface area contributed by atoms with Gasteiger partial charge in [0.1, 0.15) is 0 Å². The molecule has 2 saturated carbocycles. The lowest BCUT2D eigenvalue weighted by Crippen LogP contribution is -2.44. The molecule has 7 heteroatoms. The number of carbonyl (C=O) groups excluding carboxylic acids is 1. The Bertz CT molecular complexity index is 541. The first kappa shape index (κ1) is 15.0. The average molecular weight is 311 g/mol. The summed E-state index contributed by atoms with van der Waals surface area (Å²) in [6, 6.07) is 3.10. The van der Waals surface area contributed by atoms with Gasteiger partial charge in [-0.05, 0) is 42.7 Å². The molecule has 2 aliphatic rings. The second kappa shape index (κ2) is 6.46. The molecule has 2 amide bonds. The van der Waals surface area contributed by atoms with Crippen molar-refractivity contribution >= 4 is 6.03 Å². The summed E-state index contributed by atoms with van der Waals surface area (Å²) in [5.41, 5.74) is 0.661. The molecule has 0 spiro atoms. The van der Waals surface area contributed by atoms with Crippen molar-refractivity contribution in [2.24, 2.45) is 11.8 Å². The summed E-state index contributed by atoms with van der Waals surface area (Å²) in [5.74, 6) is 1.23. The molecule has 2 bridgehead atoms. The number of hydrogen-bond donors (Lipinski definition) is 2. The van der Waals surface area contributed by atoms with Crippen molar-refractivity contribution in [3.8, 4) is 5.88 Å². The Labute approximate surface area is 127 Å². The van der Waals surface area contributed by atoms with Crippen LogP contribution in [0.2, 0.25) is 0 Å². The minimum atomic E-state index is -2.91. The maximum Gasteiger partial charge on any atom is 0.388 e. The molecule has 0 saturated heterocycles. The largest absolute Gasteiger partial charge is 0.417 e. The molecule has 0 aromatic carbocycles. The smallest absolute Gasteiger partial charge is 0.388 e. The van der Waals surface area contributed by atoms with Crippen LogP contribution in [0.15, 0.2) is 18.3 Å². The summed E-state index contributed by atoms with van der Waals surface area (Å²) in [4.78, 5) is 15.6. The van der Waals surface area contributed by atoms with Crippen LogP contribution in [0.5, 0.6) is 5.88 Å². The second-order valence-corrected chi connectivity index (χ2v) is 5.99. The normalized spacial score (nSPS) is 26.2. The maximum atomic E-state index is 12.1. The Morgan fingerprint density at radius 2 is 2.27 bits per heavy atom. The highest BCUT2D eigenvalue weighted by Gasteiger charge is 2.40. The van der Waals surface area contributed by atoms with Crippen molar-refractivity contribution < 1.29 is 18.3 Å². The number of ether oxygens (including phenoxy) is 1. The summed E-state index contributed by atoms with van der Waals surface area (Å²) in [5, 5.41) is 5.76. The Morgan fingerprint density at radius 1 is 1.41 bits per heavy atom. The van der Waals surface area contributed by atoms with E-state index in [0.29, 0.717) is 11.5 Å². The number of amides is 2. The standard InChI is InChI=1S/C15H19F2N3O2/c16-14(17)22-13-7-10(3-4-18-13)8-19-15(21)20-12-6-9-1-2-11(12)5-9/h3-4,7,9,11-12,14H,1-2,5-6,8H2,(H2,19,20,21)/t9-,11+,12+/m0/s1. The van der Waals surface area contributed by atoms with Crippen molar-refractivity contribution in [1.29, 1.82) is 0 Å². The fraction of sp³-hybridized carbons (Fsp3) is 0.600. The van der Waals surface area contributed by atoms with E-state index in [1.807, 2.05) is 0 Å². The molecule has 2 fully saturated rings. The van der Waals surface area contributed by atoms with Crippen LogP contribution in [0.1, 0.15) is 31.2 Å². The van der Waals surface area contributed by atoms with E-state index in [0.717, 1.165) is 12.3 Å². The number of hydrogen-bond acceptors (Lipinski definition) is 3. The Kier molecular flexibility index (Phi) is 4.40. The monoisotopic (exact) mass is 311 g/mol. The van der Waals surface area contributed by atoms with Crippen LogP contribution in [-0.4, -0.2) is 23.7 Å². The minimum absolute atomic E-state index is 0.150. The Morgan fingerprint density at radius 3 is 2.95 bits per heavy atom. The molecule has 3 rings (SSSR count). The first-order valence-corrected chi connectivity index (χ1v) is 7.54. The third-order valence-corrected chi connectivity index (χ3v) is 4.52. The van der Waals surface area contributed by atoms with Crippen LogP contribution in [0, 0.1) is 11.8 Å². The van der Waals surface area contributed by atoms with Gasteiger partial charge >= 0.3 is 12.6 Å².